The zero-order chi connectivity index (χ0) is 8.43. The van der Waals surface area contributed by atoms with Gasteiger partial charge in [-0.05, 0) is 0 Å². The SMILES string of the molecule is CC(C)N1CCNC1[SeH](=O)=O. The molecule has 1 fully saturated rings. The van der Waals surface area contributed by atoms with Crippen molar-refractivity contribution in [1.29, 1.82) is 0 Å². The monoisotopic (exact) mass is 226 g/mol. The molecule has 1 atom stereocenters. The van der Waals surface area contributed by atoms with Gasteiger partial charge >= 0.3 is 69.7 Å². The van der Waals surface area contributed by atoms with E-state index in [0.29, 0.717) is 6.04 Å². The molecule has 11 heavy (non-hydrogen) atoms. The van der Waals surface area contributed by atoms with Gasteiger partial charge in [0.25, 0.3) is 0 Å². The van der Waals surface area contributed by atoms with Crippen molar-refractivity contribution in [2.24, 2.45) is 0 Å². The summed E-state index contributed by atoms with van der Waals surface area (Å²) in [4.78, 5) is 1.97. The zero-order valence-electron chi connectivity index (χ0n) is 6.78. The fourth-order valence-electron chi connectivity index (χ4n) is 1.30. The Morgan fingerprint density at radius 2 is 2.18 bits per heavy atom. The molecule has 1 saturated heterocycles. The van der Waals surface area contributed by atoms with E-state index in [1.807, 2.05) is 18.7 Å². The van der Waals surface area contributed by atoms with Gasteiger partial charge in [-0.1, -0.05) is 0 Å². The van der Waals surface area contributed by atoms with Crippen LogP contribution >= 0.6 is 0 Å². The van der Waals surface area contributed by atoms with Gasteiger partial charge in [-0.2, -0.15) is 0 Å². The summed E-state index contributed by atoms with van der Waals surface area (Å²) in [5.41, 5.74) is 0. The van der Waals surface area contributed by atoms with Crippen molar-refractivity contribution in [3.05, 3.63) is 0 Å². The van der Waals surface area contributed by atoms with Crippen LogP contribution in [-0.2, 0) is 7.67 Å². The molecule has 0 saturated carbocycles. The molecule has 4 nitrogen and oxygen atoms in total. The van der Waals surface area contributed by atoms with Crippen LogP contribution in [0.15, 0.2) is 0 Å². The van der Waals surface area contributed by atoms with E-state index in [9.17, 15) is 7.67 Å². The van der Waals surface area contributed by atoms with Crippen LogP contribution < -0.4 is 5.32 Å². The predicted octanol–water partition coefficient (Wildman–Crippen LogP) is -0.753. The second-order valence-corrected chi connectivity index (χ2v) is 5.17. The molecule has 1 heterocycles. The van der Waals surface area contributed by atoms with Crippen LogP contribution in [0.4, 0.5) is 0 Å². The van der Waals surface area contributed by atoms with Gasteiger partial charge in [-0.15, -0.1) is 0 Å². The van der Waals surface area contributed by atoms with Gasteiger partial charge in [0, 0.05) is 0 Å². The molecular weight excluding hydrogens is 211 g/mol. The second-order valence-electron chi connectivity index (χ2n) is 2.94. The number of hydrogen-bond donors (Lipinski definition) is 1. The van der Waals surface area contributed by atoms with Crippen LogP contribution in [0, 0.1) is 0 Å². The molecule has 1 aliphatic rings. The Morgan fingerprint density at radius 3 is 2.55 bits per heavy atom. The summed E-state index contributed by atoms with van der Waals surface area (Å²) >= 11 is -3.08. The Hall–Kier alpha value is 0.0395. The standard InChI is InChI=1S/C6H14N2O2Se/c1-5(2)8-4-3-7-6(8)11(9)10/h5-7,11H,3-4H2,1-2H3. The molecule has 1 rings (SSSR count). The van der Waals surface area contributed by atoms with Gasteiger partial charge in [-0.3, -0.25) is 0 Å². The minimum absolute atomic E-state index is 0.315. The molecule has 0 spiro atoms. The van der Waals surface area contributed by atoms with Gasteiger partial charge in [0.2, 0.25) is 0 Å². The third-order valence-electron chi connectivity index (χ3n) is 1.87. The van der Waals surface area contributed by atoms with Gasteiger partial charge < -0.3 is 0 Å². The van der Waals surface area contributed by atoms with Crippen LogP contribution in [0.2, 0.25) is 0 Å². The summed E-state index contributed by atoms with van der Waals surface area (Å²) in [5, 5.41) is 2.59. The molecule has 1 aliphatic heterocycles. The summed E-state index contributed by atoms with van der Waals surface area (Å²) in [6.45, 7) is 5.66. The van der Waals surface area contributed by atoms with E-state index < -0.39 is 13.8 Å². The molecule has 0 radical (unpaired) electrons. The van der Waals surface area contributed by atoms with Crippen molar-refractivity contribution in [3.8, 4) is 0 Å². The van der Waals surface area contributed by atoms with E-state index in [2.05, 4.69) is 5.32 Å². The minimum atomic E-state index is -3.08. The average molecular weight is 225 g/mol. The fraction of sp³-hybridized carbons (Fsp3) is 1.00. The van der Waals surface area contributed by atoms with Crippen LogP contribution in [0.3, 0.4) is 0 Å². The van der Waals surface area contributed by atoms with Crippen molar-refractivity contribution in [2.75, 3.05) is 13.1 Å². The third-order valence-corrected chi connectivity index (χ3v) is 3.72. The van der Waals surface area contributed by atoms with Crippen molar-refractivity contribution >= 4 is 13.8 Å². The molecule has 0 aliphatic carbocycles. The Bertz CT molecular complexity index is 195. The summed E-state index contributed by atoms with van der Waals surface area (Å²) in [6.07, 6.45) is 0. The van der Waals surface area contributed by atoms with Crippen LogP contribution in [0.5, 0.6) is 0 Å². The summed E-state index contributed by atoms with van der Waals surface area (Å²) in [7, 11) is 0. The van der Waals surface area contributed by atoms with Crippen molar-refractivity contribution < 1.29 is 7.67 Å². The topological polar surface area (TPSA) is 49.4 Å². The Kier molecular flexibility index (Phi) is 3.01. The summed E-state index contributed by atoms with van der Waals surface area (Å²) in [5.74, 6) is 0. The first-order valence-electron chi connectivity index (χ1n) is 3.75. The molecule has 0 bridgehead atoms. The van der Waals surface area contributed by atoms with Crippen molar-refractivity contribution in [3.63, 3.8) is 0 Å². The normalized spacial score (nSPS) is 27.1. The Labute approximate surface area is 70.2 Å². The maximum atomic E-state index is 10.7. The van der Waals surface area contributed by atoms with E-state index in [1.165, 1.54) is 0 Å². The molecule has 0 aromatic heterocycles. The summed E-state index contributed by atoms with van der Waals surface area (Å²) in [6, 6.07) is 0.315. The van der Waals surface area contributed by atoms with Gasteiger partial charge in [0.1, 0.15) is 0 Å². The predicted molar refractivity (Wildman–Crippen MR) is 42.2 cm³/mol. The Morgan fingerprint density at radius 1 is 1.55 bits per heavy atom. The number of hydrogen-bond acceptors (Lipinski definition) is 4. The molecule has 1 unspecified atom stereocenters. The molecular formula is C6H14N2O2Se. The van der Waals surface area contributed by atoms with Gasteiger partial charge in [0.05, 0.1) is 0 Å². The van der Waals surface area contributed by atoms with E-state index in [0.717, 1.165) is 13.1 Å². The first kappa shape index (κ1) is 9.13. The molecule has 0 aromatic carbocycles. The van der Waals surface area contributed by atoms with Crippen molar-refractivity contribution in [1.82, 2.24) is 10.2 Å². The van der Waals surface area contributed by atoms with Crippen molar-refractivity contribution in [2.45, 2.75) is 25.0 Å². The third kappa shape index (κ3) is 1.99. The van der Waals surface area contributed by atoms with Gasteiger partial charge in [-0.25, -0.2) is 0 Å². The summed E-state index contributed by atoms with van der Waals surface area (Å²) < 4.78 is 21.5. The van der Waals surface area contributed by atoms with E-state index in [4.69, 9.17) is 0 Å². The fourth-order valence-corrected chi connectivity index (χ4v) is 3.19. The van der Waals surface area contributed by atoms with Crippen LogP contribution in [0.1, 0.15) is 13.8 Å². The van der Waals surface area contributed by atoms with Crippen LogP contribution in [-0.4, -0.2) is 42.9 Å². The second kappa shape index (κ2) is 3.63. The van der Waals surface area contributed by atoms with Gasteiger partial charge in [0.15, 0.2) is 0 Å². The van der Waals surface area contributed by atoms with E-state index in [1.54, 1.807) is 0 Å². The molecule has 1 N–H and O–H groups in total. The molecule has 0 amide bonds. The van der Waals surface area contributed by atoms with Crippen LogP contribution in [0.25, 0.3) is 0 Å². The Balaban J connectivity index is 2.65. The number of rotatable bonds is 2. The molecule has 5 heteroatoms. The van der Waals surface area contributed by atoms with E-state index in [-0.39, 0.29) is 5.06 Å². The molecule has 0 aromatic rings. The zero-order valence-corrected chi connectivity index (χ0v) is 8.66. The quantitative estimate of drug-likeness (QED) is 0.628. The number of nitrogens with one attached hydrogen (secondary N) is 1. The van der Waals surface area contributed by atoms with E-state index >= 15 is 0 Å². The maximum absolute atomic E-state index is 10.7. The number of nitrogens with zero attached hydrogens (tertiary/aromatic N) is 1. The molecule has 66 valence electrons. The first-order valence-corrected chi connectivity index (χ1v) is 6.37. The first-order chi connectivity index (χ1) is 5.13. The average Bonchev–Trinajstić information content (AvgIpc) is 2.32.